The third kappa shape index (κ3) is 4.06. The molecule has 0 aromatic carbocycles. The Kier molecular flexibility index (Phi) is 4.50. The molecule has 0 aromatic heterocycles. The summed E-state index contributed by atoms with van der Waals surface area (Å²) in [6.45, 7) is 11.2. The molecule has 88 valence electrons. The predicted molar refractivity (Wildman–Crippen MR) is 70.6 cm³/mol. The molecule has 0 saturated carbocycles. The van der Waals surface area contributed by atoms with E-state index in [9.17, 15) is 0 Å². The normalized spacial score (nSPS) is 24.6. The second-order valence-corrected chi connectivity index (χ2v) is 6.45. The van der Waals surface area contributed by atoms with Crippen LogP contribution < -0.4 is 5.32 Å². The molecule has 2 unspecified atom stereocenters. The number of nitrogens with zero attached hydrogens (tertiary/aromatic N) is 1. The average Bonchev–Trinajstić information content (AvgIpc) is 2.16. The van der Waals surface area contributed by atoms with E-state index in [0.717, 1.165) is 11.6 Å². The number of amidine groups is 1. The summed E-state index contributed by atoms with van der Waals surface area (Å²) in [7, 11) is 0. The maximum absolute atomic E-state index is 4.72. The summed E-state index contributed by atoms with van der Waals surface area (Å²) in [6, 6.07) is 1.01. The Bertz CT molecular complexity index is 230. The van der Waals surface area contributed by atoms with Crippen molar-refractivity contribution >= 4 is 16.9 Å². The number of rotatable bonds is 2. The topological polar surface area (TPSA) is 24.4 Å². The van der Waals surface area contributed by atoms with E-state index in [4.69, 9.17) is 4.99 Å². The first-order valence-electron chi connectivity index (χ1n) is 5.90. The van der Waals surface area contributed by atoms with Crippen LogP contribution in [0.4, 0.5) is 0 Å². The van der Waals surface area contributed by atoms with E-state index >= 15 is 0 Å². The van der Waals surface area contributed by atoms with Gasteiger partial charge in [0.25, 0.3) is 0 Å². The molecule has 1 rings (SSSR count). The van der Waals surface area contributed by atoms with Crippen molar-refractivity contribution < 1.29 is 0 Å². The van der Waals surface area contributed by atoms with Gasteiger partial charge in [-0.25, -0.2) is 0 Å². The minimum Gasteiger partial charge on any atom is -0.362 e. The maximum atomic E-state index is 4.72. The minimum atomic E-state index is 0.294. The molecule has 0 aromatic rings. The molecule has 0 bridgehead atoms. The van der Waals surface area contributed by atoms with Gasteiger partial charge in [-0.05, 0) is 25.2 Å². The van der Waals surface area contributed by atoms with Crippen LogP contribution in [0.3, 0.4) is 0 Å². The summed E-state index contributed by atoms with van der Waals surface area (Å²) in [5.41, 5.74) is 0.294. The third-order valence-electron chi connectivity index (χ3n) is 3.10. The van der Waals surface area contributed by atoms with E-state index < -0.39 is 0 Å². The van der Waals surface area contributed by atoms with Crippen molar-refractivity contribution in [2.24, 2.45) is 10.4 Å². The number of hydrogen-bond donors (Lipinski definition) is 1. The van der Waals surface area contributed by atoms with Crippen molar-refractivity contribution in [2.45, 2.75) is 59.5 Å². The van der Waals surface area contributed by atoms with Gasteiger partial charge in [-0.15, -0.1) is 0 Å². The average molecular weight is 228 g/mol. The van der Waals surface area contributed by atoms with Gasteiger partial charge in [0.2, 0.25) is 0 Å². The molecule has 0 saturated heterocycles. The van der Waals surface area contributed by atoms with Gasteiger partial charge in [0.1, 0.15) is 0 Å². The molecule has 0 amide bonds. The summed E-state index contributed by atoms with van der Waals surface area (Å²) >= 11 is 1.87. The first-order chi connectivity index (χ1) is 6.93. The lowest BCUT2D eigenvalue weighted by molar-refractivity contribution is 0.317. The Morgan fingerprint density at radius 1 is 1.53 bits per heavy atom. The summed E-state index contributed by atoms with van der Waals surface area (Å²) in [5, 5.41) is 4.68. The Labute approximate surface area is 98.3 Å². The van der Waals surface area contributed by atoms with Crippen LogP contribution in [0.25, 0.3) is 0 Å². The Morgan fingerprint density at radius 3 is 2.73 bits per heavy atom. The highest BCUT2D eigenvalue weighted by Gasteiger charge is 2.22. The molecule has 15 heavy (non-hydrogen) atoms. The lowest BCUT2D eigenvalue weighted by Gasteiger charge is -2.31. The minimum absolute atomic E-state index is 0.294. The molecular formula is C12H24N2S. The number of hydrogen-bond acceptors (Lipinski definition) is 3. The number of nitrogens with one attached hydrogen (secondary N) is 1. The van der Waals surface area contributed by atoms with Crippen molar-refractivity contribution in [1.29, 1.82) is 0 Å². The molecule has 3 heteroatoms. The van der Waals surface area contributed by atoms with Crippen LogP contribution in [0, 0.1) is 5.41 Å². The van der Waals surface area contributed by atoms with E-state index in [1.54, 1.807) is 0 Å². The highest BCUT2D eigenvalue weighted by atomic mass is 32.2. The Hall–Kier alpha value is -0.180. The van der Waals surface area contributed by atoms with Gasteiger partial charge in [-0.3, -0.25) is 4.99 Å². The molecule has 0 aliphatic carbocycles. The molecule has 1 aliphatic rings. The van der Waals surface area contributed by atoms with Crippen LogP contribution in [-0.4, -0.2) is 23.0 Å². The highest BCUT2D eigenvalue weighted by Crippen LogP contribution is 2.22. The van der Waals surface area contributed by atoms with Crippen molar-refractivity contribution in [3.05, 3.63) is 0 Å². The monoisotopic (exact) mass is 228 g/mol. The predicted octanol–water partition coefficient (Wildman–Crippen LogP) is 3.28. The van der Waals surface area contributed by atoms with Crippen LogP contribution in [0.5, 0.6) is 0 Å². The fourth-order valence-corrected chi connectivity index (χ4v) is 2.40. The zero-order valence-corrected chi connectivity index (χ0v) is 11.4. The van der Waals surface area contributed by atoms with Crippen LogP contribution >= 0.6 is 11.8 Å². The van der Waals surface area contributed by atoms with Crippen LogP contribution in [0.15, 0.2) is 4.99 Å². The number of thioether (sulfide) groups is 1. The van der Waals surface area contributed by atoms with E-state index in [1.165, 1.54) is 12.2 Å². The van der Waals surface area contributed by atoms with E-state index in [1.807, 2.05) is 11.8 Å². The highest BCUT2D eigenvalue weighted by molar-refractivity contribution is 8.13. The SMILES string of the molecule is CCC1CCSC(NC(C)C(C)(C)C)=N1. The molecule has 0 radical (unpaired) electrons. The maximum Gasteiger partial charge on any atom is 0.157 e. The summed E-state index contributed by atoms with van der Waals surface area (Å²) in [5.74, 6) is 1.21. The largest absolute Gasteiger partial charge is 0.362 e. The van der Waals surface area contributed by atoms with Crippen molar-refractivity contribution in [2.75, 3.05) is 5.75 Å². The molecule has 2 nitrogen and oxygen atoms in total. The third-order valence-corrected chi connectivity index (χ3v) is 4.04. The lowest BCUT2D eigenvalue weighted by Crippen LogP contribution is -2.41. The van der Waals surface area contributed by atoms with Crippen LogP contribution in [-0.2, 0) is 0 Å². The van der Waals surface area contributed by atoms with Gasteiger partial charge in [-0.2, -0.15) is 0 Å². The Morgan fingerprint density at radius 2 is 2.20 bits per heavy atom. The standard InChI is InChI=1S/C12H24N2S/c1-6-10-7-8-15-11(14-10)13-9(2)12(3,4)5/h9-10H,6-8H2,1-5H3,(H,13,14). The second kappa shape index (κ2) is 5.24. The van der Waals surface area contributed by atoms with E-state index in [0.29, 0.717) is 17.5 Å². The summed E-state index contributed by atoms with van der Waals surface area (Å²) in [6.07, 6.45) is 2.39. The molecule has 1 aliphatic heterocycles. The quantitative estimate of drug-likeness (QED) is 0.784. The van der Waals surface area contributed by atoms with E-state index in [-0.39, 0.29) is 0 Å². The van der Waals surface area contributed by atoms with Gasteiger partial charge in [0.05, 0.1) is 6.04 Å². The molecule has 0 spiro atoms. The first-order valence-corrected chi connectivity index (χ1v) is 6.89. The zero-order chi connectivity index (χ0) is 11.5. The lowest BCUT2D eigenvalue weighted by atomic mass is 9.88. The van der Waals surface area contributed by atoms with Crippen molar-refractivity contribution in [3.8, 4) is 0 Å². The van der Waals surface area contributed by atoms with Crippen molar-refractivity contribution in [3.63, 3.8) is 0 Å². The molecule has 2 atom stereocenters. The zero-order valence-electron chi connectivity index (χ0n) is 10.6. The second-order valence-electron chi connectivity index (χ2n) is 5.37. The fraction of sp³-hybridized carbons (Fsp3) is 0.917. The molecule has 1 heterocycles. The summed E-state index contributed by atoms with van der Waals surface area (Å²) in [4.78, 5) is 4.72. The van der Waals surface area contributed by atoms with Crippen molar-refractivity contribution in [1.82, 2.24) is 5.32 Å². The smallest absolute Gasteiger partial charge is 0.157 e. The van der Waals surface area contributed by atoms with Gasteiger partial charge in [-0.1, -0.05) is 39.5 Å². The van der Waals surface area contributed by atoms with Gasteiger partial charge in [0, 0.05) is 11.8 Å². The van der Waals surface area contributed by atoms with Gasteiger partial charge in [0.15, 0.2) is 5.17 Å². The van der Waals surface area contributed by atoms with Gasteiger partial charge < -0.3 is 5.32 Å². The fourth-order valence-electron chi connectivity index (χ4n) is 1.34. The molecule has 1 N–H and O–H groups in total. The van der Waals surface area contributed by atoms with E-state index in [2.05, 4.69) is 39.9 Å². The molecular weight excluding hydrogens is 204 g/mol. The number of aliphatic imine (C=N–C) groups is 1. The molecule has 0 fully saturated rings. The van der Waals surface area contributed by atoms with Crippen LogP contribution in [0.1, 0.15) is 47.5 Å². The van der Waals surface area contributed by atoms with Gasteiger partial charge >= 0.3 is 0 Å². The van der Waals surface area contributed by atoms with Crippen LogP contribution in [0.2, 0.25) is 0 Å². The summed E-state index contributed by atoms with van der Waals surface area (Å²) < 4.78 is 0. The first kappa shape index (κ1) is 12.9. The Balaban J connectivity index is 2.54.